The van der Waals surface area contributed by atoms with Gasteiger partial charge in [0.05, 0.1) is 14.2 Å². The van der Waals surface area contributed by atoms with Crippen LogP contribution in [-0.4, -0.2) is 84.9 Å². The number of hydroxylamine groups is 4. The number of nitrogens with zero attached hydrogens (tertiary/aromatic N) is 2. The van der Waals surface area contributed by atoms with Gasteiger partial charge in [-0.25, -0.2) is 10.1 Å². The van der Waals surface area contributed by atoms with Crippen molar-refractivity contribution in [1.29, 1.82) is 0 Å². The van der Waals surface area contributed by atoms with Crippen molar-refractivity contribution in [2.45, 2.75) is 149 Å². The van der Waals surface area contributed by atoms with Crippen molar-refractivity contribution < 1.29 is 32.9 Å². The molecule has 0 saturated carbocycles. The number of carbonyl (C=O) groups is 3. The SMILES string of the molecule is C=CCC[C@H](CC(C)C(=O)N(C)OC)O[Si](C)(C)C(C)(C)C.CON(C)C(=O)C(C)C[C@@H](CCC(C)=O)O[Si](C)(C)C(C)(C)C. The van der Waals surface area contributed by atoms with Crippen molar-refractivity contribution in [2.24, 2.45) is 11.8 Å². The number of rotatable bonds is 18. The molecule has 0 saturated heterocycles. The summed E-state index contributed by atoms with van der Waals surface area (Å²) in [5.74, 6) is -0.253. The first-order chi connectivity index (χ1) is 20.3. The molecule has 0 rings (SSSR count). The van der Waals surface area contributed by atoms with Gasteiger partial charge in [-0.15, -0.1) is 6.58 Å². The minimum Gasteiger partial charge on any atom is -0.414 e. The zero-order chi connectivity index (χ0) is 36.0. The Hall–Kier alpha value is -1.38. The molecule has 0 aromatic carbocycles. The summed E-state index contributed by atoms with van der Waals surface area (Å²) in [6.45, 7) is 31.4. The summed E-state index contributed by atoms with van der Waals surface area (Å²) in [6, 6.07) is 0. The van der Waals surface area contributed by atoms with E-state index in [0.717, 1.165) is 12.8 Å². The summed E-state index contributed by atoms with van der Waals surface area (Å²) in [5.41, 5.74) is 0. The molecule has 11 heteroatoms. The summed E-state index contributed by atoms with van der Waals surface area (Å²) in [5, 5.41) is 2.80. The van der Waals surface area contributed by atoms with Crippen molar-refractivity contribution in [1.82, 2.24) is 10.1 Å². The molecule has 0 aromatic rings. The lowest BCUT2D eigenvalue weighted by atomic mass is 9.99. The maximum absolute atomic E-state index is 12.2. The van der Waals surface area contributed by atoms with Crippen molar-refractivity contribution in [3.63, 3.8) is 0 Å². The third-order valence-electron chi connectivity index (χ3n) is 9.29. The van der Waals surface area contributed by atoms with E-state index in [4.69, 9.17) is 18.5 Å². The number of hydrogen-bond donors (Lipinski definition) is 0. The van der Waals surface area contributed by atoms with Gasteiger partial charge in [0.25, 0.3) is 0 Å². The smallest absolute Gasteiger partial charge is 0.248 e. The fourth-order valence-corrected chi connectivity index (χ4v) is 6.90. The lowest BCUT2D eigenvalue weighted by Gasteiger charge is -2.40. The molecule has 2 amide bonds. The van der Waals surface area contributed by atoms with Gasteiger partial charge in [0.15, 0.2) is 16.6 Å². The topological polar surface area (TPSA) is 94.6 Å². The monoisotopic (exact) mass is 674 g/mol. The molecule has 0 fully saturated rings. The number of hydrogen-bond acceptors (Lipinski definition) is 7. The minimum absolute atomic E-state index is 0.00932. The van der Waals surface area contributed by atoms with Crippen molar-refractivity contribution >= 4 is 34.2 Å². The summed E-state index contributed by atoms with van der Waals surface area (Å²) in [7, 11) is 2.45. The average molecular weight is 675 g/mol. The van der Waals surface area contributed by atoms with Crippen LogP contribution in [-0.2, 0) is 32.9 Å². The molecule has 0 N–H and O–H groups in total. The maximum Gasteiger partial charge on any atom is 0.248 e. The normalized spacial score (nSPS) is 15.2. The molecular weight excluding hydrogens is 605 g/mol. The second-order valence-electron chi connectivity index (χ2n) is 15.4. The summed E-state index contributed by atoms with van der Waals surface area (Å²) in [4.78, 5) is 45.7. The van der Waals surface area contributed by atoms with E-state index in [-0.39, 0.29) is 51.7 Å². The van der Waals surface area contributed by atoms with Gasteiger partial charge in [0.1, 0.15) is 5.78 Å². The first-order valence-corrected chi connectivity index (χ1v) is 22.2. The molecule has 2 unspecified atom stereocenters. The molecule has 0 aliphatic rings. The maximum atomic E-state index is 12.2. The lowest BCUT2D eigenvalue weighted by molar-refractivity contribution is -0.174. The van der Waals surface area contributed by atoms with Gasteiger partial charge in [-0.05, 0) is 75.3 Å². The summed E-state index contributed by atoms with van der Waals surface area (Å²) < 4.78 is 13.0. The zero-order valence-corrected chi connectivity index (χ0v) is 34.1. The number of amides is 2. The van der Waals surface area contributed by atoms with Crippen LogP contribution in [0.3, 0.4) is 0 Å². The molecular formula is C34H70N2O7Si2. The quantitative estimate of drug-likeness (QED) is 0.0822. The van der Waals surface area contributed by atoms with E-state index in [2.05, 4.69) is 74.3 Å². The fourth-order valence-electron chi connectivity index (χ4n) is 4.10. The molecule has 0 aliphatic heterocycles. The molecule has 45 heavy (non-hydrogen) atoms. The van der Waals surface area contributed by atoms with E-state index in [1.165, 1.54) is 24.3 Å². The van der Waals surface area contributed by atoms with E-state index in [9.17, 15) is 14.4 Å². The van der Waals surface area contributed by atoms with Crippen molar-refractivity contribution in [3.05, 3.63) is 12.7 Å². The third-order valence-corrected chi connectivity index (χ3v) is 18.4. The number of Topliss-reactive ketones (excluding diaryl/α,β-unsaturated/α-hetero) is 1. The Morgan fingerprint density at radius 3 is 1.33 bits per heavy atom. The van der Waals surface area contributed by atoms with Crippen molar-refractivity contribution in [3.8, 4) is 0 Å². The second kappa shape index (κ2) is 20.1. The Labute approximate surface area is 278 Å². The van der Waals surface area contributed by atoms with Crippen LogP contribution in [0.4, 0.5) is 0 Å². The molecule has 0 aromatic heterocycles. The van der Waals surface area contributed by atoms with Crippen LogP contribution in [0.15, 0.2) is 12.7 Å². The average Bonchev–Trinajstić information content (AvgIpc) is 2.91. The van der Waals surface area contributed by atoms with Gasteiger partial charge in [-0.2, -0.15) is 0 Å². The highest BCUT2D eigenvalue weighted by Gasteiger charge is 2.41. The van der Waals surface area contributed by atoms with Gasteiger partial charge in [-0.1, -0.05) is 61.5 Å². The third kappa shape index (κ3) is 17.4. The number of allylic oxidation sites excluding steroid dienone is 1. The van der Waals surface area contributed by atoms with Crippen LogP contribution < -0.4 is 0 Å². The van der Waals surface area contributed by atoms with Crippen LogP contribution in [0.1, 0.15) is 101 Å². The second-order valence-corrected chi connectivity index (χ2v) is 24.9. The summed E-state index contributed by atoms with van der Waals surface area (Å²) in [6.07, 6.45) is 6.20. The molecule has 0 bridgehead atoms. The largest absolute Gasteiger partial charge is 0.414 e. The molecule has 266 valence electrons. The first-order valence-electron chi connectivity index (χ1n) is 16.4. The molecule has 0 radical (unpaired) electrons. The Morgan fingerprint density at radius 1 is 0.733 bits per heavy atom. The van der Waals surface area contributed by atoms with Gasteiger partial charge in [0, 0.05) is 44.6 Å². The highest BCUT2D eigenvalue weighted by atomic mass is 28.4. The van der Waals surface area contributed by atoms with E-state index in [0.29, 0.717) is 25.7 Å². The van der Waals surface area contributed by atoms with Crippen LogP contribution in [0.5, 0.6) is 0 Å². The molecule has 4 atom stereocenters. The minimum atomic E-state index is -1.94. The van der Waals surface area contributed by atoms with Gasteiger partial charge in [0.2, 0.25) is 11.8 Å². The van der Waals surface area contributed by atoms with Crippen LogP contribution in [0.25, 0.3) is 0 Å². The predicted molar refractivity (Wildman–Crippen MR) is 191 cm³/mol. The fraction of sp³-hybridized carbons (Fsp3) is 0.853. The molecule has 0 aliphatic carbocycles. The zero-order valence-electron chi connectivity index (χ0n) is 32.1. The predicted octanol–water partition coefficient (Wildman–Crippen LogP) is 8.18. The highest BCUT2D eigenvalue weighted by Crippen LogP contribution is 2.39. The number of ketones is 1. The van der Waals surface area contributed by atoms with Crippen LogP contribution in [0, 0.1) is 11.8 Å². The summed E-state index contributed by atoms with van der Waals surface area (Å²) >= 11 is 0. The van der Waals surface area contributed by atoms with E-state index in [1.807, 2.05) is 19.9 Å². The standard InChI is InChI=1S/C17H35NO4Si.C17H35NO3Si/c1-13(16(20)18(6)21-7)12-15(11-10-14(2)19)22-23(8,9)17(3,4)5;1-10-11-12-15(21-22(8,9)17(3,4)5)13-14(2)16(19)18(6)20-7/h13,15H,10-12H2,1-9H3;10,14-15H,1,11-13H2,2-9H3/t13?,15-;14?,15-/m11/s1. The Balaban J connectivity index is 0. The van der Waals surface area contributed by atoms with Crippen molar-refractivity contribution in [2.75, 3.05) is 28.3 Å². The molecule has 0 spiro atoms. The van der Waals surface area contributed by atoms with Crippen LogP contribution in [0.2, 0.25) is 36.3 Å². The van der Waals surface area contributed by atoms with Gasteiger partial charge >= 0.3 is 0 Å². The molecule has 0 heterocycles. The van der Waals surface area contributed by atoms with Gasteiger partial charge < -0.3 is 13.6 Å². The molecule has 9 nitrogen and oxygen atoms in total. The Kier molecular flexibility index (Phi) is 20.4. The lowest BCUT2D eigenvalue weighted by Crippen LogP contribution is -2.45. The van der Waals surface area contributed by atoms with E-state index < -0.39 is 16.6 Å². The van der Waals surface area contributed by atoms with Crippen LogP contribution >= 0.6 is 0 Å². The number of carbonyl (C=O) groups excluding carboxylic acids is 3. The van der Waals surface area contributed by atoms with E-state index >= 15 is 0 Å². The first kappa shape index (κ1) is 45.7. The Bertz CT molecular complexity index is 913. The van der Waals surface area contributed by atoms with Gasteiger partial charge in [-0.3, -0.25) is 19.3 Å². The Morgan fingerprint density at radius 2 is 1.07 bits per heavy atom. The highest BCUT2D eigenvalue weighted by molar-refractivity contribution is 6.74. The van der Waals surface area contributed by atoms with E-state index in [1.54, 1.807) is 21.0 Å².